The van der Waals surface area contributed by atoms with Crippen LogP contribution < -0.4 is 10.2 Å². The molecule has 0 aliphatic carbocycles. The number of rotatable bonds is 8. The summed E-state index contributed by atoms with van der Waals surface area (Å²) in [7, 11) is -3.69. The third-order valence-corrected chi connectivity index (χ3v) is 7.67. The van der Waals surface area contributed by atoms with E-state index in [0.717, 1.165) is 0 Å². The lowest BCUT2D eigenvalue weighted by molar-refractivity contribution is -0.383. The molecule has 188 valence electrons. The van der Waals surface area contributed by atoms with E-state index in [-0.39, 0.29) is 39.0 Å². The Balaban J connectivity index is 1.54. The number of anilines is 3. The molecule has 3 aromatic rings. The number of hydrogen-bond acceptors (Lipinski definition) is 10. The molecule has 0 atom stereocenters. The second kappa shape index (κ2) is 10.7. The third-order valence-electron chi connectivity index (χ3n) is 5.88. The summed E-state index contributed by atoms with van der Waals surface area (Å²) in [6, 6.07) is 14.0. The zero-order valence-corrected chi connectivity index (χ0v) is 20.3. The Bertz CT molecular complexity index is 1340. The number of carbonyl (C=O) groups excluding carboxylic acids is 1. The van der Waals surface area contributed by atoms with Crippen LogP contribution >= 0.6 is 0 Å². The maximum Gasteiger partial charge on any atom is 0.353 e. The van der Waals surface area contributed by atoms with Gasteiger partial charge in [-0.15, -0.1) is 0 Å². The average molecular weight is 512 g/mol. The van der Waals surface area contributed by atoms with Crippen molar-refractivity contribution in [2.75, 3.05) is 29.9 Å². The second-order valence-electron chi connectivity index (χ2n) is 8.13. The number of nitrogens with zero attached hydrogens (tertiary/aromatic N) is 4. The quantitative estimate of drug-likeness (QED) is 0.270. The van der Waals surface area contributed by atoms with Crippen molar-refractivity contribution in [3.8, 4) is 0 Å². The summed E-state index contributed by atoms with van der Waals surface area (Å²) in [6.45, 7) is 2.88. The van der Waals surface area contributed by atoms with Gasteiger partial charge < -0.3 is 15.0 Å². The number of hydrogen-bond donors (Lipinski definition) is 1. The molecule has 0 radical (unpaired) electrons. The van der Waals surface area contributed by atoms with Crippen LogP contribution in [-0.4, -0.2) is 49.0 Å². The minimum Gasteiger partial charge on any atom is -0.466 e. The van der Waals surface area contributed by atoms with Crippen LogP contribution in [0.1, 0.15) is 19.8 Å². The van der Waals surface area contributed by atoms with E-state index < -0.39 is 14.8 Å². The largest absolute Gasteiger partial charge is 0.466 e. The van der Waals surface area contributed by atoms with Gasteiger partial charge in [0.25, 0.3) is 0 Å². The van der Waals surface area contributed by atoms with Gasteiger partial charge >= 0.3 is 11.7 Å². The van der Waals surface area contributed by atoms with Gasteiger partial charge in [-0.1, -0.05) is 18.2 Å². The van der Waals surface area contributed by atoms with Crippen molar-refractivity contribution in [3.63, 3.8) is 0 Å². The molecule has 1 fully saturated rings. The molecule has 1 aliphatic heterocycles. The predicted molar refractivity (Wildman–Crippen MR) is 132 cm³/mol. The van der Waals surface area contributed by atoms with Crippen LogP contribution in [0, 0.1) is 16.0 Å². The fourth-order valence-electron chi connectivity index (χ4n) is 4.04. The number of benzene rings is 2. The molecule has 1 N–H and O–H groups in total. The van der Waals surface area contributed by atoms with Crippen molar-refractivity contribution in [1.82, 2.24) is 9.97 Å². The summed E-state index contributed by atoms with van der Waals surface area (Å²) >= 11 is 0. The van der Waals surface area contributed by atoms with E-state index >= 15 is 0 Å². The standard InChI is InChI=1S/C24H25N5O6S/c1-2-35-24(30)17-12-14-28(15-13-17)23-21(29(31)32)22(25-16-26-23)27-18-8-10-20(11-9-18)36(33,34)19-6-4-3-5-7-19/h3-11,16-17H,2,12-15H2,1H3,(H,25,26,27). The summed E-state index contributed by atoms with van der Waals surface area (Å²) in [5.74, 6) is -0.362. The maximum absolute atomic E-state index is 12.8. The molecule has 0 saturated carbocycles. The van der Waals surface area contributed by atoms with Crippen molar-refractivity contribution >= 4 is 38.8 Å². The highest BCUT2D eigenvalue weighted by molar-refractivity contribution is 7.91. The van der Waals surface area contributed by atoms with Crippen LogP contribution in [0.3, 0.4) is 0 Å². The summed E-state index contributed by atoms with van der Waals surface area (Å²) in [4.78, 5) is 33.7. The molecule has 0 bridgehead atoms. The Labute approximate surface area is 208 Å². The molecule has 0 amide bonds. The first-order valence-corrected chi connectivity index (χ1v) is 12.9. The number of sulfone groups is 1. The molecule has 2 heterocycles. The normalized spacial score (nSPS) is 14.3. The minimum atomic E-state index is -3.69. The van der Waals surface area contributed by atoms with E-state index in [2.05, 4.69) is 15.3 Å². The number of aromatic nitrogens is 2. The number of nitrogens with one attached hydrogen (secondary N) is 1. The SMILES string of the molecule is CCOC(=O)C1CCN(c2ncnc(Nc3ccc(S(=O)(=O)c4ccccc4)cc3)c2[N+](=O)[O-])CC1. The van der Waals surface area contributed by atoms with Crippen molar-refractivity contribution < 1.29 is 22.9 Å². The molecule has 0 unspecified atom stereocenters. The predicted octanol–water partition coefficient (Wildman–Crippen LogP) is 3.74. The zero-order chi connectivity index (χ0) is 25.7. The first kappa shape index (κ1) is 25.0. The smallest absolute Gasteiger partial charge is 0.353 e. The number of ether oxygens (including phenoxy) is 1. The summed E-state index contributed by atoms with van der Waals surface area (Å²) in [5.41, 5.74) is 0.129. The Morgan fingerprint density at radius 2 is 1.72 bits per heavy atom. The fourth-order valence-corrected chi connectivity index (χ4v) is 5.32. The van der Waals surface area contributed by atoms with Gasteiger partial charge in [-0.05, 0) is 56.2 Å². The Kier molecular flexibility index (Phi) is 7.44. The van der Waals surface area contributed by atoms with Crippen molar-refractivity contribution in [1.29, 1.82) is 0 Å². The van der Waals surface area contributed by atoms with E-state index in [1.165, 1.54) is 42.7 Å². The Hall–Kier alpha value is -4.06. The lowest BCUT2D eigenvalue weighted by Gasteiger charge is -2.31. The molecule has 1 aliphatic rings. The number of esters is 1. The van der Waals surface area contributed by atoms with Gasteiger partial charge in [0.2, 0.25) is 21.5 Å². The highest BCUT2D eigenvalue weighted by atomic mass is 32.2. The molecule has 2 aromatic carbocycles. The zero-order valence-electron chi connectivity index (χ0n) is 19.5. The highest BCUT2D eigenvalue weighted by Crippen LogP contribution is 2.36. The van der Waals surface area contributed by atoms with Gasteiger partial charge in [-0.2, -0.15) is 0 Å². The lowest BCUT2D eigenvalue weighted by Crippen LogP contribution is -2.37. The molecule has 36 heavy (non-hydrogen) atoms. The van der Waals surface area contributed by atoms with Gasteiger partial charge in [0, 0.05) is 18.8 Å². The Morgan fingerprint density at radius 1 is 1.08 bits per heavy atom. The van der Waals surface area contributed by atoms with Gasteiger partial charge in [0.1, 0.15) is 6.33 Å². The van der Waals surface area contributed by atoms with Crippen LogP contribution in [-0.2, 0) is 19.4 Å². The molecule has 0 spiro atoms. The number of piperidine rings is 1. The van der Waals surface area contributed by atoms with Gasteiger partial charge in [-0.3, -0.25) is 14.9 Å². The molecule has 12 heteroatoms. The lowest BCUT2D eigenvalue weighted by atomic mass is 9.97. The van der Waals surface area contributed by atoms with Crippen LogP contribution in [0.4, 0.5) is 23.0 Å². The maximum atomic E-state index is 12.8. The fraction of sp³-hybridized carbons (Fsp3) is 0.292. The van der Waals surface area contributed by atoms with E-state index in [4.69, 9.17) is 4.74 Å². The topological polar surface area (TPSA) is 145 Å². The molecular formula is C24H25N5O6S. The van der Waals surface area contributed by atoms with Gasteiger partial charge in [0.15, 0.2) is 0 Å². The molecule has 1 saturated heterocycles. The van der Waals surface area contributed by atoms with E-state index in [1.807, 2.05) is 0 Å². The number of nitro groups is 1. The van der Waals surface area contributed by atoms with Gasteiger partial charge in [-0.25, -0.2) is 18.4 Å². The summed E-state index contributed by atoms with van der Waals surface area (Å²) < 4.78 is 30.7. The molecule has 1 aromatic heterocycles. The highest BCUT2D eigenvalue weighted by Gasteiger charge is 2.32. The first-order chi connectivity index (χ1) is 17.3. The van der Waals surface area contributed by atoms with Crippen LogP contribution in [0.15, 0.2) is 70.7 Å². The van der Waals surface area contributed by atoms with Gasteiger partial charge in [0.05, 0.1) is 27.2 Å². The monoisotopic (exact) mass is 511 g/mol. The first-order valence-electron chi connectivity index (χ1n) is 11.4. The van der Waals surface area contributed by atoms with Crippen LogP contribution in [0.2, 0.25) is 0 Å². The summed E-state index contributed by atoms with van der Waals surface area (Å²) in [6.07, 6.45) is 2.23. The average Bonchev–Trinajstić information content (AvgIpc) is 2.89. The van der Waals surface area contributed by atoms with E-state index in [9.17, 15) is 23.3 Å². The second-order valence-corrected chi connectivity index (χ2v) is 10.1. The molecular weight excluding hydrogens is 486 g/mol. The van der Waals surface area contributed by atoms with Crippen LogP contribution in [0.5, 0.6) is 0 Å². The van der Waals surface area contributed by atoms with Crippen molar-refractivity contribution in [3.05, 3.63) is 71.0 Å². The summed E-state index contributed by atoms with van der Waals surface area (Å²) in [5, 5.41) is 14.9. The third kappa shape index (κ3) is 5.28. The Morgan fingerprint density at radius 3 is 2.33 bits per heavy atom. The van der Waals surface area contributed by atoms with Crippen molar-refractivity contribution in [2.45, 2.75) is 29.6 Å². The van der Waals surface area contributed by atoms with E-state index in [0.29, 0.717) is 38.2 Å². The minimum absolute atomic E-state index is 0.0174. The molecule has 11 nitrogen and oxygen atoms in total. The number of carbonyl (C=O) groups is 1. The molecule has 4 rings (SSSR count). The van der Waals surface area contributed by atoms with E-state index in [1.54, 1.807) is 30.0 Å². The van der Waals surface area contributed by atoms with Crippen LogP contribution in [0.25, 0.3) is 0 Å². The van der Waals surface area contributed by atoms with Crippen molar-refractivity contribution in [2.24, 2.45) is 5.92 Å².